The van der Waals surface area contributed by atoms with Crippen molar-refractivity contribution >= 4 is 45.0 Å². The SMILES string of the molecule is CCOc1cccc2sc(N(CCN(C)C)C(=O)Cc3cccc(C)c3)nc12.Cl. The summed E-state index contributed by atoms with van der Waals surface area (Å²) in [6, 6.07) is 14.0. The van der Waals surface area contributed by atoms with Gasteiger partial charge in [-0.3, -0.25) is 9.69 Å². The van der Waals surface area contributed by atoms with Gasteiger partial charge in [0.15, 0.2) is 5.13 Å². The van der Waals surface area contributed by atoms with Gasteiger partial charge in [0.2, 0.25) is 5.91 Å². The molecule has 1 aromatic heterocycles. The number of carbonyl (C=O) groups excluding carboxylic acids is 1. The molecular formula is C22H28ClN3O2S. The lowest BCUT2D eigenvalue weighted by atomic mass is 10.1. The van der Waals surface area contributed by atoms with Crippen LogP contribution in [0.4, 0.5) is 5.13 Å². The highest BCUT2D eigenvalue weighted by molar-refractivity contribution is 7.22. The lowest BCUT2D eigenvalue weighted by Gasteiger charge is -2.22. The van der Waals surface area contributed by atoms with E-state index in [4.69, 9.17) is 9.72 Å². The molecule has 3 aromatic rings. The van der Waals surface area contributed by atoms with Gasteiger partial charge in [-0.2, -0.15) is 0 Å². The van der Waals surface area contributed by atoms with Crippen molar-refractivity contribution in [3.8, 4) is 5.75 Å². The normalized spacial score (nSPS) is 10.8. The van der Waals surface area contributed by atoms with Gasteiger partial charge in [0.25, 0.3) is 0 Å². The number of carbonyl (C=O) groups is 1. The monoisotopic (exact) mass is 433 g/mol. The van der Waals surface area contributed by atoms with Gasteiger partial charge >= 0.3 is 0 Å². The molecule has 0 unspecified atom stereocenters. The van der Waals surface area contributed by atoms with Crippen molar-refractivity contribution in [3.05, 3.63) is 53.6 Å². The van der Waals surface area contributed by atoms with Gasteiger partial charge in [-0.15, -0.1) is 12.4 Å². The van der Waals surface area contributed by atoms with Gasteiger partial charge in [0, 0.05) is 13.1 Å². The maximum Gasteiger partial charge on any atom is 0.233 e. The van der Waals surface area contributed by atoms with Crippen LogP contribution in [0.15, 0.2) is 42.5 Å². The molecule has 0 atom stereocenters. The molecular weight excluding hydrogens is 406 g/mol. The number of rotatable bonds is 8. The fourth-order valence-corrected chi connectivity index (χ4v) is 4.04. The first-order valence-corrected chi connectivity index (χ1v) is 10.3. The van der Waals surface area contributed by atoms with Gasteiger partial charge in [0.1, 0.15) is 11.3 Å². The number of aromatic nitrogens is 1. The molecule has 0 saturated carbocycles. The lowest BCUT2D eigenvalue weighted by molar-refractivity contribution is -0.118. The number of halogens is 1. The smallest absolute Gasteiger partial charge is 0.233 e. The number of hydrogen-bond acceptors (Lipinski definition) is 5. The zero-order valence-corrected chi connectivity index (χ0v) is 19.0. The second-order valence-electron chi connectivity index (χ2n) is 7.05. The Bertz CT molecular complexity index is 958. The molecule has 0 saturated heterocycles. The Morgan fingerprint density at radius 2 is 1.90 bits per heavy atom. The summed E-state index contributed by atoms with van der Waals surface area (Å²) in [6.07, 6.45) is 0.364. The highest BCUT2D eigenvalue weighted by Crippen LogP contribution is 2.34. The fraction of sp³-hybridized carbons (Fsp3) is 0.364. The molecule has 0 N–H and O–H groups in total. The molecule has 5 nitrogen and oxygen atoms in total. The molecule has 0 aliphatic heterocycles. The molecule has 0 radical (unpaired) electrons. The molecule has 0 aliphatic carbocycles. The number of nitrogens with zero attached hydrogens (tertiary/aromatic N) is 3. The van der Waals surface area contributed by atoms with Gasteiger partial charge in [0.05, 0.1) is 17.7 Å². The Kier molecular flexibility index (Phi) is 8.44. The first-order valence-electron chi connectivity index (χ1n) is 9.51. The molecule has 0 fully saturated rings. The highest BCUT2D eigenvalue weighted by atomic mass is 35.5. The van der Waals surface area contributed by atoms with Crippen molar-refractivity contribution in [2.45, 2.75) is 20.3 Å². The molecule has 1 amide bonds. The average Bonchev–Trinajstić information content (AvgIpc) is 3.06. The van der Waals surface area contributed by atoms with Crippen molar-refractivity contribution in [2.75, 3.05) is 38.7 Å². The van der Waals surface area contributed by atoms with E-state index in [2.05, 4.69) is 11.0 Å². The average molecular weight is 434 g/mol. The number of fused-ring (bicyclic) bond motifs is 1. The van der Waals surface area contributed by atoms with E-state index in [9.17, 15) is 4.79 Å². The van der Waals surface area contributed by atoms with Crippen LogP contribution in [0, 0.1) is 6.92 Å². The van der Waals surface area contributed by atoms with Gasteiger partial charge in [-0.25, -0.2) is 4.98 Å². The predicted molar refractivity (Wildman–Crippen MR) is 124 cm³/mol. The third-order valence-corrected chi connectivity index (χ3v) is 5.45. The van der Waals surface area contributed by atoms with E-state index in [1.165, 1.54) is 11.3 Å². The number of hydrogen-bond donors (Lipinski definition) is 0. The number of aryl methyl sites for hydroxylation is 1. The summed E-state index contributed by atoms with van der Waals surface area (Å²) in [5.74, 6) is 0.825. The van der Waals surface area contributed by atoms with Gasteiger partial charge < -0.3 is 9.64 Å². The number of likely N-dealkylation sites (N-methyl/N-ethyl adjacent to an activating group) is 1. The van der Waals surface area contributed by atoms with Crippen LogP contribution in [-0.4, -0.2) is 49.6 Å². The van der Waals surface area contributed by atoms with Crippen molar-refractivity contribution in [2.24, 2.45) is 0 Å². The van der Waals surface area contributed by atoms with Crippen molar-refractivity contribution in [3.63, 3.8) is 0 Å². The minimum absolute atomic E-state index is 0. The van der Waals surface area contributed by atoms with Gasteiger partial charge in [-0.05, 0) is 45.6 Å². The standard InChI is InChI=1S/C22H27N3O2S.ClH/c1-5-27-18-10-7-11-19-21(18)23-22(28-19)25(13-12-24(3)4)20(26)15-17-9-6-8-16(2)14-17;/h6-11,14H,5,12-13,15H2,1-4H3;1H. The van der Waals surface area contributed by atoms with Crippen LogP contribution in [0.5, 0.6) is 5.75 Å². The summed E-state index contributed by atoms with van der Waals surface area (Å²) in [6.45, 7) is 5.96. The van der Waals surface area contributed by atoms with Crippen molar-refractivity contribution in [1.29, 1.82) is 0 Å². The summed E-state index contributed by atoms with van der Waals surface area (Å²) in [7, 11) is 4.02. The van der Waals surface area contributed by atoms with E-state index in [1.807, 2.05) is 69.2 Å². The van der Waals surface area contributed by atoms with E-state index in [0.29, 0.717) is 19.6 Å². The van der Waals surface area contributed by atoms with Crippen molar-refractivity contribution in [1.82, 2.24) is 9.88 Å². The van der Waals surface area contributed by atoms with E-state index in [1.54, 1.807) is 0 Å². The summed E-state index contributed by atoms with van der Waals surface area (Å²) in [5, 5.41) is 0.724. The quantitative estimate of drug-likeness (QED) is 0.522. The predicted octanol–water partition coefficient (Wildman–Crippen LogP) is 4.56. The van der Waals surface area contributed by atoms with Crippen LogP contribution in [0.25, 0.3) is 10.2 Å². The van der Waals surface area contributed by atoms with E-state index in [-0.39, 0.29) is 18.3 Å². The Hall–Kier alpha value is -2.15. The van der Waals surface area contributed by atoms with Crippen LogP contribution in [0.2, 0.25) is 0 Å². The largest absolute Gasteiger partial charge is 0.492 e. The van der Waals surface area contributed by atoms with Crippen LogP contribution < -0.4 is 9.64 Å². The molecule has 0 aliphatic rings. The number of ether oxygens (including phenoxy) is 1. The van der Waals surface area contributed by atoms with Crippen LogP contribution in [-0.2, 0) is 11.2 Å². The minimum atomic E-state index is 0. The first-order chi connectivity index (χ1) is 13.5. The molecule has 7 heteroatoms. The third-order valence-electron chi connectivity index (χ3n) is 4.41. The fourth-order valence-electron chi connectivity index (χ4n) is 3.02. The number of para-hydroxylation sites is 1. The molecule has 1 heterocycles. The second kappa shape index (κ2) is 10.6. The third kappa shape index (κ3) is 5.92. The summed E-state index contributed by atoms with van der Waals surface area (Å²) in [5.41, 5.74) is 3.00. The van der Waals surface area contributed by atoms with Crippen LogP contribution in [0.1, 0.15) is 18.1 Å². The Labute approximate surface area is 182 Å². The molecule has 156 valence electrons. The topological polar surface area (TPSA) is 45.7 Å². The summed E-state index contributed by atoms with van der Waals surface area (Å²) in [4.78, 5) is 21.8. The first kappa shape index (κ1) is 23.1. The number of anilines is 1. The maximum atomic E-state index is 13.2. The minimum Gasteiger partial charge on any atom is -0.492 e. The van der Waals surface area contributed by atoms with E-state index >= 15 is 0 Å². The zero-order valence-electron chi connectivity index (χ0n) is 17.3. The Balaban J connectivity index is 0.00000300. The van der Waals surface area contributed by atoms with E-state index < -0.39 is 0 Å². The van der Waals surface area contributed by atoms with Crippen molar-refractivity contribution < 1.29 is 9.53 Å². The molecule has 29 heavy (non-hydrogen) atoms. The van der Waals surface area contributed by atoms with Crippen LogP contribution in [0.3, 0.4) is 0 Å². The number of amides is 1. The zero-order chi connectivity index (χ0) is 20.1. The lowest BCUT2D eigenvalue weighted by Crippen LogP contribution is -2.37. The van der Waals surface area contributed by atoms with Gasteiger partial charge in [-0.1, -0.05) is 47.2 Å². The molecule has 0 bridgehead atoms. The second-order valence-corrected chi connectivity index (χ2v) is 8.06. The number of benzene rings is 2. The van der Waals surface area contributed by atoms with E-state index in [0.717, 1.165) is 38.8 Å². The summed E-state index contributed by atoms with van der Waals surface area (Å²) < 4.78 is 6.74. The Morgan fingerprint density at radius 3 is 2.59 bits per heavy atom. The highest BCUT2D eigenvalue weighted by Gasteiger charge is 2.21. The van der Waals surface area contributed by atoms with Crippen LogP contribution >= 0.6 is 23.7 Å². The number of thiazole rings is 1. The maximum absolute atomic E-state index is 13.2. The Morgan fingerprint density at radius 1 is 1.14 bits per heavy atom. The molecule has 3 rings (SSSR count). The molecule has 2 aromatic carbocycles. The summed E-state index contributed by atoms with van der Waals surface area (Å²) >= 11 is 1.53. The molecule has 0 spiro atoms.